The van der Waals surface area contributed by atoms with Gasteiger partial charge in [-0.3, -0.25) is 0 Å². The van der Waals surface area contributed by atoms with Crippen LogP contribution in [0.4, 0.5) is 0 Å². The summed E-state index contributed by atoms with van der Waals surface area (Å²) in [7, 11) is 0. The lowest BCUT2D eigenvalue weighted by Crippen LogP contribution is -2.25. The van der Waals surface area contributed by atoms with Crippen LogP contribution in [0.25, 0.3) is 0 Å². The van der Waals surface area contributed by atoms with Crippen molar-refractivity contribution in [3.05, 3.63) is 34.9 Å². The molecular formula is C12H19NS. The Labute approximate surface area is 91.1 Å². The molecule has 0 saturated carbocycles. The third kappa shape index (κ3) is 3.35. The van der Waals surface area contributed by atoms with Crippen LogP contribution in [0.1, 0.15) is 16.7 Å². The van der Waals surface area contributed by atoms with Crippen LogP contribution in [0.5, 0.6) is 0 Å². The van der Waals surface area contributed by atoms with E-state index in [0.29, 0.717) is 0 Å². The molecule has 0 heterocycles. The van der Waals surface area contributed by atoms with Gasteiger partial charge in [0.15, 0.2) is 0 Å². The van der Waals surface area contributed by atoms with E-state index in [9.17, 15) is 0 Å². The van der Waals surface area contributed by atoms with Gasteiger partial charge in [0.25, 0.3) is 0 Å². The van der Waals surface area contributed by atoms with Crippen LogP contribution in [-0.4, -0.2) is 18.1 Å². The molecule has 0 aliphatic rings. The normalized spacial score (nSPS) is 12.9. The zero-order valence-electron chi connectivity index (χ0n) is 9.21. The van der Waals surface area contributed by atoms with E-state index in [1.54, 1.807) is 0 Å². The Balaban J connectivity index is 2.70. The molecule has 0 spiro atoms. The molecule has 0 saturated heterocycles. The summed E-state index contributed by atoms with van der Waals surface area (Å²) >= 11 is 1.81. The summed E-state index contributed by atoms with van der Waals surface area (Å²) in [5, 5.41) is 0. The third-order valence-electron chi connectivity index (χ3n) is 2.37. The first kappa shape index (κ1) is 11.6. The minimum Gasteiger partial charge on any atom is -0.327 e. The summed E-state index contributed by atoms with van der Waals surface area (Å²) < 4.78 is 0. The first-order chi connectivity index (χ1) is 6.63. The Morgan fingerprint density at radius 1 is 1.36 bits per heavy atom. The average Bonchev–Trinajstić information content (AvgIpc) is 2.12. The Bertz CT molecular complexity index is 296. The Hall–Kier alpha value is -0.470. The van der Waals surface area contributed by atoms with E-state index in [1.807, 2.05) is 11.8 Å². The summed E-state index contributed by atoms with van der Waals surface area (Å²) in [4.78, 5) is 0. The molecule has 0 aromatic heterocycles. The molecule has 0 aliphatic heterocycles. The lowest BCUT2D eigenvalue weighted by atomic mass is 10.00. The lowest BCUT2D eigenvalue weighted by Gasteiger charge is -2.12. The van der Waals surface area contributed by atoms with Gasteiger partial charge in [0, 0.05) is 11.8 Å². The fraction of sp³-hybridized carbons (Fsp3) is 0.500. The lowest BCUT2D eigenvalue weighted by molar-refractivity contribution is 0.745. The van der Waals surface area contributed by atoms with Crippen molar-refractivity contribution in [2.24, 2.45) is 5.73 Å². The predicted octanol–water partition coefficient (Wildman–Crippen LogP) is 2.54. The van der Waals surface area contributed by atoms with Crippen LogP contribution in [0.2, 0.25) is 0 Å². The maximum absolute atomic E-state index is 6.01. The Morgan fingerprint density at radius 3 is 2.71 bits per heavy atom. The van der Waals surface area contributed by atoms with E-state index < -0.39 is 0 Å². The van der Waals surface area contributed by atoms with Gasteiger partial charge in [-0.1, -0.05) is 23.8 Å². The van der Waals surface area contributed by atoms with Gasteiger partial charge in [-0.25, -0.2) is 0 Å². The minimum atomic E-state index is 0.283. The quantitative estimate of drug-likeness (QED) is 0.824. The molecule has 2 heteroatoms. The van der Waals surface area contributed by atoms with Crippen molar-refractivity contribution < 1.29 is 0 Å². The fourth-order valence-electron chi connectivity index (χ4n) is 1.58. The number of thioether (sulfide) groups is 1. The number of aryl methyl sites for hydroxylation is 2. The molecule has 1 unspecified atom stereocenters. The Kier molecular flexibility index (Phi) is 4.49. The molecule has 14 heavy (non-hydrogen) atoms. The molecule has 0 amide bonds. The van der Waals surface area contributed by atoms with E-state index >= 15 is 0 Å². The van der Waals surface area contributed by atoms with E-state index in [0.717, 1.165) is 12.2 Å². The van der Waals surface area contributed by atoms with Crippen molar-refractivity contribution in [1.82, 2.24) is 0 Å². The molecule has 1 aromatic rings. The van der Waals surface area contributed by atoms with E-state index in [2.05, 4.69) is 38.3 Å². The number of nitrogens with two attached hydrogens (primary N) is 1. The number of rotatable bonds is 4. The molecule has 1 nitrogen and oxygen atoms in total. The SMILES string of the molecule is CSCC(N)Cc1cc(C)ccc1C. The van der Waals surface area contributed by atoms with Crippen molar-refractivity contribution in [2.75, 3.05) is 12.0 Å². The van der Waals surface area contributed by atoms with Gasteiger partial charge in [0.2, 0.25) is 0 Å². The van der Waals surface area contributed by atoms with E-state index in [-0.39, 0.29) is 6.04 Å². The highest BCUT2D eigenvalue weighted by molar-refractivity contribution is 7.98. The van der Waals surface area contributed by atoms with Gasteiger partial charge in [0.1, 0.15) is 0 Å². The standard InChI is InChI=1S/C12H19NS/c1-9-4-5-10(2)11(6-9)7-12(13)8-14-3/h4-6,12H,7-8,13H2,1-3H3. The van der Waals surface area contributed by atoms with Crippen molar-refractivity contribution >= 4 is 11.8 Å². The molecule has 1 atom stereocenters. The second-order valence-corrected chi connectivity index (χ2v) is 4.76. The number of benzene rings is 1. The van der Waals surface area contributed by atoms with Gasteiger partial charge in [0.05, 0.1) is 0 Å². The number of hydrogen-bond donors (Lipinski definition) is 1. The van der Waals surface area contributed by atoms with Gasteiger partial charge in [-0.05, 0) is 37.7 Å². The van der Waals surface area contributed by atoms with Crippen LogP contribution >= 0.6 is 11.8 Å². The molecule has 2 N–H and O–H groups in total. The van der Waals surface area contributed by atoms with E-state index in [4.69, 9.17) is 5.73 Å². The molecule has 0 radical (unpaired) electrons. The highest BCUT2D eigenvalue weighted by atomic mass is 32.2. The van der Waals surface area contributed by atoms with Gasteiger partial charge >= 0.3 is 0 Å². The average molecular weight is 209 g/mol. The largest absolute Gasteiger partial charge is 0.327 e. The minimum absolute atomic E-state index is 0.283. The molecule has 0 aliphatic carbocycles. The molecule has 0 fully saturated rings. The van der Waals surface area contributed by atoms with Crippen LogP contribution in [0, 0.1) is 13.8 Å². The summed E-state index contributed by atoms with van der Waals surface area (Å²) in [5.74, 6) is 1.04. The summed E-state index contributed by atoms with van der Waals surface area (Å²) in [6.07, 6.45) is 3.09. The van der Waals surface area contributed by atoms with Crippen LogP contribution in [0.15, 0.2) is 18.2 Å². The van der Waals surface area contributed by atoms with Gasteiger partial charge < -0.3 is 5.73 Å². The van der Waals surface area contributed by atoms with Crippen molar-refractivity contribution in [2.45, 2.75) is 26.3 Å². The molecule has 1 rings (SSSR count). The van der Waals surface area contributed by atoms with Gasteiger partial charge in [-0.15, -0.1) is 0 Å². The van der Waals surface area contributed by atoms with Crippen LogP contribution in [0.3, 0.4) is 0 Å². The maximum Gasteiger partial charge on any atom is 0.0171 e. The van der Waals surface area contributed by atoms with Crippen molar-refractivity contribution in [3.63, 3.8) is 0 Å². The fourth-order valence-corrected chi connectivity index (χ4v) is 2.12. The first-order valence-corrected chi connectivity index (χ1v) is 6.33. The zero-order valence-corrected chi connectivity index (χ0v) is 10.0. The highest BCUT2D eigenvalue weighted by Crippen LogP contribution is 2.13. The summed E-state index contributed by atoms with van der Waals surface area (Å²) in [6, 6.07) is 6.86. The second-order valence-electron chi connectivity index (χ2n) is 3.85. The zero-order chi connectivity index (χ0) is 10.6. The smallest absolute Gasteiger partial charge is 0.0171 e. The molecular weight excluding hydrogens is 190 g/mol. The van der Waals surface area contributed by atoms with Crippen LogP contribution < -0.4 is 5.73 Å². The first-order valence-electron chi connectivity index (χ1n) is 4.94. The maximum atomic E-state index is 6.01. The molecule has 0 bridgehead atoms. The van der Waals surface area contributed by atoms with Crippen LogP contribution in [-0.2, 0) is 6.42 Å². The topological polar surface area (TPSA) is 26.0 Å². The second kappa shape index (κ2) is 5.42. The van der Waals surface area contributed by atoms with Gasteiger partial charge in [-0.2, -0.15) is 11.8 Å². The third-order valence-corrected chi connectivity index (χ3v) is 3.13. The monoisotopic (exact) mass is 209 g/mol. The Morgan fingerprint density at radius 2 is 2.07 bits per heavy atom. The highest BCUT2D eigenvalue weighted by Gasteiger charge is 2.05. The van der Waals surface area contributed by atoms with Crippen molar-refractivity contribution in [1.29, 1.82) is 0 Å². The molecule has 1 aromatic carbocycles. The number of hydrogen-bond acceptors (Lipinski definition) is 2. The predicted molar refractivity (Wildman–Crippen MR) is 66.0 cm³/mol. The molecule has 78 valence electrons. The summed E-state index contributed by atoms with van der Waals surface area (Å²) in [6.45, 7) is 4.28. The van der Waals surface area contributed by atoms with Crippen molar-refractivity contribution in [3.8, 4) is 0 Å². The van der Waals surface area contributed by atoms with E-state index in [1.165, 1.54) is 16.7 Å². The summed E-state index contributed by atoms with van der Waals surface area (Å²) in [5.41, 5.74) is 10.1.